The van der Waals surface area contributed by atoms with Crippen LogP contribution in [0.5, 0.6) is 0 Å². The summed E-state index contributed by atoms with van der Waals surface area (Å²) in [6, 6.07) is 3.40. The summed E-state index contributed by atoms with van der Waals surface area (Å²) in [7, 11) is 0. The van der Waals surface area contributed by atoms with E-state index in [0.717, 1.165) is 0 Å². The average molecular weight is 266 g/mol. The van der Waals surface area contributed by atoms with Crippen LogP contribution in [0.3, 0.4) is 0 Å². The van der Waals surface area contributed by atoms with Crippen LogP contribution in [-0.4, -0.2) is 54.8 Å². The van der Waals surface area contributed by atoms with Gasteiger partial charge in [-0.25, -0.2) is 9.50 Å². The first-order chi connectivity index (χ1) is 9.13. The van der Waals surface area contributed by atoms with Gasteiger partial charge in [-0.3, -0.25) is 0 Å². The van der Waals surface area contributed by atoms with E-state index in [0.29, 0.717) is 17.0 Å². The van der Waals surface area contributed by atoms with E-state index in [1.807, 2.05) is 0 Å². The highest BCUT2D eigenvalue weighted by Crippen LogP contribution is 2.34. The van der Waals surface area contributed by atoms with Crippen molar-refractivity contribution in [3.8, 4) is 0 Å². The van der Waals surface area contributed by atoms with Crippen molar-refractivity contribution in [2.45, 2.75) is 24.4 Å². The predicted octanol–water partition coefficient (Wildman–Crippen LogP) is -1.53. The van der Waals surface area contributed by atoms with Gasteiger partial charge in [0.1, 0.15) is 36.3 Å². The molecule has 8 heteroatoms. The minimum atomic E-state index is -1.14. The van der Waals surface area contributed by atoms with Gasteiger partial charge >= 0.3 is 0 Å². The molecule has 1 aliphatic rings. The lowest BCUT2D eigenvalue weighted by atomic mass is 10.1. The number of anilines is 1. The second kappa shape index (κ2) is 4.42. The SMILES string of the molecule is Nc1ncnn2c([C@H]3O[C@H](CO)[C@@H](O)[C@H]3O)ccc12. The highest BCUT2D eigenvalue weighted by Gasteiger charge is 2.44. The first-order valence-electron chi connectivity index (χ1n) is 5.84. The molecule has 4 atom stereocenters. The lowest BCUT2D eigenvalue weighted by molar-refractivity contribution is -0.0244. The van der Waals surface area contributed by atoms with E-state index in [1.54, 1.807) is 12.1 Å². The van der Waals surface area contributed by atoms with Gasteiger partial charge in [0.25, 0.3) is 0 Å². The maximum Gasteiger partial charge on any atom is 0.151 e. The monoisotopic (exact) mass is 266 g/mol. The molecule has 0 aliphatic carbocycles. The third-order valence-electron chi connectivity index (χ3n) is 3.34. The minimum Gasteiger partial charge on any atom is -0.394 e. The summed E-state index contributed by atoms with van der Waals surface area (Å²) in [4.78, 5) is 3.87. The summed E-state index contributed by atoms with van der Waals surface area (Å²) in [5, 5.41) is 32.9. The Morgan fingerprint density at radius 1 is 1.32 bits per heavy atom. The Labute approximate surface area is 108 Å². The second-order valence-electron chi connectivity index (χ2n) is 4.46. The Morgan fingerprint density at radius 2 is 2.11 bits per heavy atom. The molecule has 3 rings (SSSR count). The number of aliphatic hydroxyl groups is 3. The van der Waals surface area contributed by atoms with Crippen LogP contribution in [0.2, 0.25) is 0 Å². The van der Waals surface area contributed by atoms with Crippen molar-refractivity contribution in [3.63, 3.8) is 0 Å². The van der Waals surface area contributed by atoms with E-state index < -0.39 is 24.4 Å². The third-order valence-corrected chi connectivity index (χ3v) is 3.34. The van der Waals surface area contributed by atoms with E-state index in [2.05, 4.69) is 10.1 Å². The maximum absolute atomic E-state index is 9.99. The number of fused-ring (bicyclic) bond motifs is 1. The van der Waals surface area contributed by atoms with Gasteiger partial charge in [0.2, 0.25) is 0 Å². The number of hydrogen-bond donors (Lipinski definition) is 4. The largest absolute Gasteiger partial charge is 0.394 e. The first-order valence-corrected chi connectivity index (χ1v) is 5.84. The summed E-state index contributed by atoms with van der Waals surface area (Å²) in [5.41, 5.74) is 6.86. The molecular formula is C11H14N4O4. The second-order valence-corrected chi connectivity index (χ2v) is 4.46. The molecule has 1 aliphatic heterocycles. The van der Waals surface area contributed by atoms with Gasteiger partial charge in [0.05, 0.1) is 12.3 Å². The Kier molecular flexibility index (Phi) is 2.86. The van der Waals surface area contributed by atoms with Crippen molar-refractivity contribution in [1.82, 2.24) is 14.6 Å². The highest BCUT2D eigenvalue weighted by atomic mass is 16.6. The van der Waals surface area contributed by atoms with Crippen LogP contribution < -0.4 is 5.73 Å². The number of aromatic nitrogens is 3. The van der Waals surface area contributed by atoms with Crippen LogP contribution in [-0.2, 0) is 4.74 Å². The van der Waals surface area contributed by atoms with Crippen molar-refractivity contribution in [2.75, 3.05) is 12.3 Å². The standard InChI is InChI=1S/C11H14N4O4/c12-11-6-2-1-5(15(6)14-4-13-11)10-9(18)8(17)7(3-16)19-10/h1-2,4,7-10,16-18H,3H2,(H2,12,13,14)/t7-,8-,9-,10-/m1/s1. The summed E-state index contributed by atoms with van der Waals surface area (Å²) < 4.78 is 6.96. The molecule has 0 amide bonds. The summed E-state index contributed by atoms with van der Waals surface area (Å²) >= 11 is 0. The predicted molar refractivity (Wildman–Crippen MR) is 64.1 cm³/mol. The summed E-state index contributed by atoms with van der Waals surface area (Å²) in [5.74, 6) is 0.313. The van der Waals surface area contributed by atoms with E-state index in [4.69, 9.17) is 15.6 Å². The van der Waals surface area contributed by atoms with E-state index in [9.17, 15) is 10.2 Å². The Balaban J connectivity index is 2.04. The van der Waals surface area contributed by atoms with Crippen LogP contribution in [0.4, 0.5) is 5.82 Å². The lowest BCUT2D eigenvalue weighted by Gasteiger charge is -2.14. The number of nitrogen functional groups attached to an aromatic ring is 1. The number of hydrogen-bond acceptors (Lipinski definition) is 7. The fourth-order valence-corrected chi connectivity index (χ4v) is 2.33. The molecule has 0 aromatic carbocycles. The average Bonchev–Trinajstić information content (AvgIpc) is 2.94. The summed E-state index contributed by atoms with van der Waals surface area (Å²) in [6.07, 6.45) is -2.56. The van der Waals surface area contributed by atoms with E-state index >= 15 is 0 Å². The Morgan fingerprint density at radius 3 is 2.79 bits per heavy atom. The van der Waals surface area contributed by atoms with Crippen molar-refractivity contribution < 1.29 is 20.1 Å². The zero-order chi connectivity index (χ0) is 13.6. The minimum absolute atomic E-state index is 0.313. The smallest absolute Gasteiger partial charge is 0.151 e. The molecule has 102 valence electrons. The van der Waals surface area contributed by atoms with Crippen molar-refractivity contribution >= 4 is 11.3 Å². The fourth-order valence-electron chi connectivity index (χ4n) is 2.33. The molecule has 19 heavy (non-hydrogen) atoms. The lowest BCUT2D eigenvalue weighted by Crippen LogP contribution is -2.32. The molecule has 0 radical (unpaired) electrons. The van der Waals surface area contributed by atoms with Crippen LogP contribution in [0.15, 0.2) is 18.5 Å². The Hall–Kier alpha value is -1.74. The van der Waals surface area contributed by atoms with E-state index in [1.165, 1.54) is 10.8 Å². The van der Waals surface area contributed by atoms with Gasteiger partial charge in [-0.1, -0.05) is 0 Å². The molecule has 8 nitrogen and oxygen atoms in total. The topological polar surface area (TPSA) is 126 Å². The van der Waals surface area contributed by atoms with Gasteiger partial charge in [0.15, 0.2) is 5.82 Å². The molecule has 0 spiro atoms. The van der Waals surface area contributed by atoms with Gasteiger partial charge < -0.3 is 25.8 Å². The fraction of sp³-hybridized carbons (Fsp3) is 0.455. The van der Waals surface area contributed by atoms with Crippen LogP contribution in [0, 0.1) is 0 Å². The van der Waals surface area contributed by atoms with Crippen LogP contribution in [0.1, 0.15) is 11.8 Å². The molecule has 2 aromatic rings. The normalized spacial score (nSPS) is 31.1. The number of nitrogens with two attached hydrogens (primary N) is 1. The van der Waals surface area contributed by atoms with Gasteiger partial charge in [-0.05, 0) is 12.1 Å². The van der Waals surface area contributed by atoms with Gasteiger partial charge in [-0.2, -0.15) is 5.10 Å². The number of rotatable bonds is 2. The number of nitrogens with zero attached hydrogens (tertiary/aromatic N) is 3. The molecule has 1 fully saturated rings. The van der Waals surface area contributed by atoms with Crippen molar-refractivity contribution in [1.29, 1.82) is 0 Å². The quantitative estimate of drug-likeness (QED) is 0.519. The zero-order valence-corrected chi connectivity index (χ0v) is 9.92. The number of ether oxygens (including phenoxy) is 1. The molecule has 0 saturated carbocycles. The van der Waals surface area contributed by atoms with Crippen LogP contribution in [0.25, 0.3) is 5.52 Å². The zero-order valence-electron chi connectivity index (χ0n) is 9.92. The number of aliphatic hydroxyl groups excluding tert-OH is 3. The molecule has 5 N–H and O–H groups in total. The maximum atomic E-state index is 9.99. The molecule has 2 aromatic heterocycles. The van der Waals surface area contributed by atoms with Crippen molar-refractivity contribution in [2.24, 2.45) is 0 Å². The molecule has 3 heterocycles. The van der Waals surface area contributed by atoms with Crippen LogP contribution >= 0.6 is 0 Å². The van der Waals surface area contributed by atoms with Gasteiger partial charge in [-0.15, -0.1) is 0 Å². The highest BCUT2D eigenvalue weighted by molar-refractivity contribution is 5.65. The molecule has 0 unspecified atom stereocenters. The van der Waals surface area contributed by atoms with Gasteiger partial charge in [0, 0.05) is 0 Å². The molecular weight excluding hydrogens is 252 g/mol. The first kappa shape index (κ1) is 12.3. The Bertz CT molecular complexity index is 601. The molecule has 0 bridgehead atoms. The third kappa shape index (κ3) is 1.77. The summed E-state index contributed by atoms with van der Waals surface area (Å²) in [6.45, 7) is -0.366. The van der Waals surface area contributed by atoms with E-state index in [-0.39, 0.29) is 6.61 Å². The van der Waals surface area contributed by atoms with Crippen molar-refractivity contribution in [3.05, 3.63) is 24.2 Å². The molecule has 1 saturated heterocycles.